The monoisotopic (exact) mass is 492 g/mol. The van der Waals surface area contributed by atoms with E-state index in [9.17, 15) is 13.2 Å². The Balaban J connectivity index is 1.86. The fourth-order valence-corrected chi connectivity index (χ4v) is 4.62. The maximum atomic E-state index is 13.0. The van der Waals surface area contributed by atoms with Crippen molar-refractivity contribution in [3.63, 3.8) is 0 Å². The summed E-state index contributed by atoms with van der Waals surface area (Å²) >= 11 is 12.0. The Labute approximate surface area is 197 Å². The fourth-order valence-electron chi connectivity index (χ4n) is 2.98. The summed E-state index contributed by atoms with van der Waals surface area (Å²) in [5.41, 5.74) is 1.30. The third kappa shape index (κ3) is 6.46. The molecule has 1 amide bonds. The normalized spacial score (nSPS) is 12.2. The Morgan fingerprint density at radius 3 is 2.31 bits per heavy atom. The molecule has 0 aliphatic rings. The molecule has 0 aliphatic carbocycles. The number of hydrogen-bond acceptors (Lipinski definition) is 4. The quantitative estimate of drug-likeness (QED) is 0.443. The molecule has 0 heterocycles. The second kappa shape index (κ2) is 10.8. The van der Waals surface area contributed by atoms with E-state index in [1.54, 1.807) is 31.2 Å². The van der Waals surface area contributed by atoms with Crippen molar-refractivity contribution in [2.75, 3.05) is 11.9 Å². The molecular weight excluding hydrogens is 471 g/mol. The van der Waals surface area contributed by atoms with Gasteiger partial charge in [0.25, 0.3) is 0 Å². The molecule has 6 nitrogen and oxygen atoms in total. The Bertz CT molecular complexity index is 1170. The van der Waals surface area contributed by atoms with Gasteiger partial charge in [-0.25, -0.2) is 8.42 Å². The summed E-state index contributed by atoms with van der Waals surface area (Å²) in [5, 5.41) is 3.42. The Kier molecular flexibility index (Phi) is 8.15. The molecule has 0 unspecified atom stereocenters. The van der Waals surface area contributed by atoms with Crippen LogP contribution in [0.2, 0.25) is 10.0 Å². The van der Waals surface area contributed by atoms with Crippen molar-refractivity contribution in [1.82, 2.24) is 4.72 Å². The average Bonchev–Trinajstić information content (AvgIpc) is 2.77. The first-order chi connectivity index (χ1) is 15.3. The number of benzene rings is 3. The summed E-state index contributed by atoms with van der Waals surface area (Å²) in [4.78, 5) is 12.9. The highest BCUT2D eigenvalue weighted by atomic mass is 35.5. The molecule has 3 aromatic rings. The van der Waals surface area contributed by atoms with E-state index in [2.05, 4.69) is 10.0 Å². The maximum Gasteiger partial charge on any atom is 0.242 e. The molecule has 0 saturated heterocycles. The van der Waals surface area contributed by atoms with Gasteiger partial charge in [0, 0.05) is 10.7 Å². The Morgan fingerprint density at radius 2 is 1.69 bits per heavy atom. The summed E-state index contributed by atoms with van der Waals surface area (Å²) < 4.78 is 34.0. The molecule has 0 radical (unpaired) electrons. The van der Waals surface area contributed by atoms with Gasteiger partial charge >= 0.3 is 0 Å². The number of sulfonamides is 1. The number of carbonyl (C=O) groups excluding carboxylic acids is 1. The molecule has 3 aromatic carbocycles. The predicted molar refractivity (Wildman–Crippen MR) is 127 cm³/mol. The SMILES string of the molecule is CCOc1ccc(S(=O)(=O)N[C@H](Cc2ccccc2)C(=O)Nc2ccc(Cl)cc2)cc1Cl. The first-order valence-electron chi connectivity index (χ1n) is 9.83. The van der Waals surface area contributed by atoms with Crippen molar-refractivity contribution in [3.05, 3.63) is 88.4 Å². The molecule has 168 valence electrons. The second-order valence-electron chi connectivity index (χ2n) is 6.88. The molecule has 0 aliphatic heterocycles. The van der Waals surface area contributed by atoms with Gasteiger partial charge in [-0.1, -0.05) is 53.5 Å². The molecular formula is C23H22Cl2N2O4S. The van der Waals surface area contributed by atoms with Crippen LogP contribution in [0.15, 0.2) is 77.7 Å². The van der Waals surface area contributed by atoms with E-state index in [1.807, 2.05) is 30.3 Å². The number of anilines is 1. The van der Waals surface area contributed by atoms with Crippen molar-refractivity contribution >= 4 is 44.8 Å². The number of nitrogens with one attached hydrogen (secondary N) is 2. The average molecular weight is 493 g/mol. The highest BCUT2D eigenvalue weighted by molar-refractivity contribution is 7.89. The van der Waals surface area contributed by atoms with E-state index in [0.717, 1.165) is 5.56 Å². The van der Waals surface area contributed by atoms with E-state index in [-0.39, 0.29) is 16.3 Å². The third-order valence-electron chi connectivity index (χ3n) is 4.52. The third-order valence-corrected chi connectivity index (χ3v) is 6.54. The van der Waals surface area contributed by atoms with Crippen LogP contribution in [-0.2, 0) is 21.2 Å². The molecule has 1 atom stereocenters. The van der Waals surface area contributed by atoms with Crippen LogP contribution >= 0.6 is 23.2 Å². The molecule has 0 bridgehead atoms. The Hall–Kier alpha value is -2.58. The van der Waals surface area contributed by atoms with Crippen LogP contribution in [0.4, 0.5) is 5.69 Å². The van der Waals surface area contributed by atoms with Crippen molar-refractivity contribution < 1.29 is 17.9 Å². The van der Waals surface area contributed by atoms with Crippen LogP contribution in [-0.4, -0.2) is 27.0 Å². The minimum Gasteiger partial charge on any atom is -0.492 e. The summed E-state index contributed by atoms with van der Waals surface area (Å²) in [5.74, 6) is -0.119. The standard InChI is InChI=1S/C23H22Cl2N2O4S/c1-2-31-22-13-12-19(15-20(22)25)32(29,30)27-21(14-16-6-4-3-5-7-16)23(28)26-18-10-8-17(24)9-11-18/h3-13,15,21,27H,2,14H2,1H3,(H,26,28)/t21-/m1/s1. The second-order valence-corrected chi connectivity index (χ2v) is 9.44. The van der Waals surface area contributed by atoms with Crippen molar-refractivity contribution in [3.8, 4) is 5.75 Å². The largest absolute Gasteiger partial charge is 0.492 e. The maximum absolute atomic E-state index is 13.0. The summed E-state index contributed by atoms with van der Waals surface area (Å²) in [6, 6.07) is 18.8. The molecule has 0 spiro atoms. The highest BCUT2D eigenvalue weighted by Gasteiger charge is 2.27. The lowest BCUT2D eigenvalue weighted by Gasteiger charge is -2.19. The highest BCUT2D eigenvalue weighted by Crippen LogP contribution is 2.27. The number of amides is 1. The van der Waals surface area contributed by atoms with Crippen molar-refractivity contribution in [2.45, 2.75) is 24.3 Å². The molecule has 0 aromatic heterocycles. The number of ether oxygens (including phenoxy) is 1. The molecule has 9 heteroatoms. The zero-order valence-electron chi connectivity index (χ0n) is 17.2. The van der Waals surface area contributed by atoms with Gasteiger partial charge < -0.3 is 10.1 Å². The zero-order chi connectivity index (χ0) is 23.1. The van der Waals surface area contributed by atoms with Crippen LogP contribution in [0, 0.1) is 0 Å². The number of hydrogen-bond donors (Lipinski definition) is 2. The van der Waals surface area contributed by atoms with Crippen LogP contribution in [0.3, 0.4) is 0 Å². The topological polar surface area (TPSA) is 84.5 Å². The molecule has 3 rings (SSSR count). The first-order valence-corrected chi connectivity index (χ1v) is 12.1. The van der Waals surface area contributed by atoms with Crippen LogP contribution in [0.5, 0.6) is 5.75 Å². The van der Waals surface area contributed by atoms with E-state index < -0.39 is 22.0 Å². The van der Waals surface area contributed by atoms with Gasteiger partial charge in [-0.15, -0.1) is 0 Å². The van der Waals surface area contributed by atoms with Gasteiger partial charge in [0.05, 0.1) is 16.5 Å². The smallest absolute Gasteiger partial charge is 0.242 e. The first kappa shape index (κ1) is 24.1. The zero-order valence-corrected chi connectivity index (χ0v) is 19.5. The van der Waals surface area contributed by atoms with Gasteiger partial charge in [-0.05, 0) is 61.4 Å². The van der Waals surface area contributed by atoms with E-state index in [4.69, 9.17) is 27.9 Å². The lowest BCUT2D eigenvalue weighted by atomic mass is 10.1. The molecule has 0 saturated carbocycles. The molecule has 0 fully saturated rings. The van der Waals surface area contributed by atoms with Crippen LogP contribution in [0.25, 0.3) is 0 Å². The minimum atomic E-state index is -4.05. The Morgan fingerprint density at radius 1 is 1.00 bits per heavy atom. The minimum absolute atomic E-state index is 0.0664. The number of halogens is 2. The van der Waals surface area contributed by atoms with Crippen molar-refractivity contribution in [1.29, 1.82) is 0 Å². The fraction of sp³-hybridized carbons (Fsp3) is 0.174. The van der Waals surface area contributed by atoms with Gasteiger partial charge in [0.15, 0.2) is 0 Å². The van der Waals surface area contributed by atoms with Gasteiger partial charge in [0.2, 0.25) is 15.9 Å². The van der Waals surface area contributed by atoms with E-state index in [0.29, 0.717) is 23.1 Å². The van der Waals surface area contributed by atoms with Crippen LogP contribution in [0.1, 0.15) is 12.5 Å². The summed E-state index contributed by atoms with van der Waals surface area (Å²) in [6.45, 7) is 2.20. The van der Waals surface area contributed by atoms with Gasteiger partial charge in [-0.3, -0.25) is 4.79 Å². The lowest BCUT2D eigenvalue weighted by molar-refractivity contribution is -0.117. The summed E-state index contributed by atoms with van der Waals surface area (Å²) in [7, 11) is -4.05. The van der Waals surface area contributed by atoms with Crippen molar-refractivity contribution in [2.24, 2.45) is 0 Å². The number of rotatable bonds is 9. The van der Waals surface area contributed by atoms with Gasteiger partial charge in [-0.2, -0.15) is 4.72 Å². The number of carbonyl (C=O) groups is 1. The van der Waals surface area contributed by atoms with E-state index >= 15 is 0 Å². The molecule has 2 N–H and O–H groups in total. The predicted octanol–water partition coefficient (Wildman–Crippen LogP) is 4.92. The van der Waals surface area contributed by atoms with Gasteiger partial charge in [0.1, 0.15) is 11.8 Å². The lowest BCUT2D eigenvalue weighted by Crippen LogP contribution is -2.45. The summed E-state index contributed by atoms with van der Waals surface area (Å²) in [6.07, 6.45) is 0.157. The van der Waals surface area contributed by atoms with Crippen LogP contribution < -0.4 is 14.8 Å². The molecule has 32 heavy (non-hydrogen) atoms. The van der Waals surface area contributed by atoms with E-state index in [1.165, 1.54) is 18.2 Å².